The molecule has 0 radical (unpaired) electrons. The third kappa shape index (κ3) is 3.14. The predicted molar refractivity (Wildman–Crippen MR) is 107 cm³/mol. The maximum absolute atomic E-state index is 13.2. The maximum Gasteiger partial charge on any atom is 0.263 e. The Hall–Kier alpha value is -3.97. The molecule has 0 spiro atoms. The highest BCUT2D eigenvalue weighted by molar-refractivity contribution is 5.81. The Morgan fingerprint density at radius 2 is 1.63 bits per heavy atom. The van der Waals surface area contributed by atoms with Gasteiger partial charge in [-0.25, -0.2) is 4.85 Å². The van der Waals surface area contributed by atoms with Gasteiger partial charge < -0.3 is 0 Å². The molecule has 0 saturated heterocycles. The summed E-state index contributed by atoms with van der Waals surface area (Å²) in [4.78, 5) is 20.9. The SMILES string of the molecule is [C-]#[N+]c1ccccc1-c1cc(-c2ccccc2)c(=O)n(-c2cccnc2)c1. The van der Waals surface area contributed by atoms with E-state index in [0.717, 1.165) is 16.7 Å². The van der Waals surface area contributed by atoms with Gasteiger partial charge in [-0.15, -0.1) is 0 Å². The van der Waals surface area contributed by atoms with Crippen molar-refractivity contribution in [3.63, 3.8) is 0 Å². The molecule has 128 valence electrons. The summed E-state index contributed by atoms with van der Waals surface area (Å²) in [6, 6.07) is 22.5. The fourth-order valence-corrected chi connectivity index (χ4v) is 3.06. The molecule has 0 aliphatic heterocycles. The zero-order chi connectivity index (χ0) is 18.6. The number of hydrogen-bond acceptors (Lipinski definition) is 2. The van der Waals surface area contributed by atoms with Crippen LogP contribution in [0.2, 0.25) is 0 Å². The van der Waals surface area contributed by atoms with Crippen molar-refractivity contribution in [2.24, 2.45) is 0 Å². The molecular weight excluding hydrogens is 334 g/mol. The van der Waals surface area contributed by atoms with Crippen molar-refractivity contribution in [2.75, 3.05) is 0 Å². The second kappa shape index (κ2) is 7.11. The third-order valence-electron chi connectivity index (χ3n) is 4.36. The number of hydrogen-bond donors (Lipinski definition) is 0. The number of rotatable bonds is 3. The van der Waals surface area contributed by atoms with Gasteiger partial charge in [0, 0.05) is 18.0 Å². The van der Waals surface area contributed by atoms with Crippen molar-refractivity contribution < 1.29 is 0 Å². The van der Waals surface area contributed by atoms with Crippen LogP contribution in [0.1, 0.15) is 0 Å². The average Bonchev–Trinajstić information content (AvgIpc) is 2.75. The molecule has 0 aliphatic rings. The van der Waals surface area contributed by atoms with E-state index in [9.17, 15) is 4.79 Å². The Bertz CT molecular complexity index is 1130. The fraction of sp³-hybridized carbons (Fsp3) is 0. The van der Waals surface area contributed by atoms with Gasteiger partial charge in [0.25, 0.3) is 5.56 Å². The summed E-state index contributed by atoms with van der Waals surface area (Å²) in [7, 11) is 0. The number of pyridine rings is 2. The highest BCUT2D eigenvalue weighted by atomic mass is 16.1. The van der Waals surface area contributed by atoms with Crippen LogP contribution in [0.4, 0.5) is 5.69 Å². The number of nitrogens with zero attached hydrogens (tertiary/aromatic N) is 3. The Morgan fingerprint density at radius 3 is 2.37 bits per heavy atom. The first kappa shape index (κ1) is 16.5. The van der Waals surface area contributed by atoms with Crippen LogP contribution in [0.3, 0.4) is 0 Å². The molecule has 2 aromatic carbocycles. The van der Waals surface area contributed by atoms with Crippen LogP contribution in [-0.2, 0) is 0 Å². The van der Waals surface area contributed by atoms with Crippen LogP contribution in [0, 0.1) is 6.57 Å². The maximum atomic E-state index is 13.2. The standard InChI is InChI=1S/C23H15N3O/c1-24-22-12-6-5-11-20(22)18-14-21(17-8-3-2-4-9-17)23(27)26(16-18)19-10-7-13-25-15-19/h2-16H. The van der Waals surface area contributed by atoms with Gasteiger partial charge in [0.2, 0.25) is 0 Å². The summed E-state index contributed by atoms with van der Waals surface area (Å²) >= 11 is 0. The van der Waals surface area contributed by atoms with Gasteiger partial charge in [-0.05, 0) is 34.9 Å². The van der Waals surface area contributed by atoms with Gasteiger partial charge in [0.1, 0.15) is 0 Å². The molecule has 0 N–H and O–H groups in total. The van der Waals surface area contributed by atoms with E-state index in [1.54, 1.807) is 35.3 Å². The Balaban J connectivity index is 2.04. The highest BCUT2D eigenvalue weighted by Crippen LogP contribution is 2.32. The second-order valence-corrected chi connectivity index (χ2v) is 6.02. The van der Waals surface area contributed by atoms with E-state index in [1.165, 1.54) is 0 Å². The molecule has 0 saturated carbocycles. The van der Waals surface area contributed by atoms with E-state index in [-0.39, 0.29) is 5.56 Å². The Kier molecular flexibility index (Phi) is 4.34. The van der Waals surface area contributed by atoms with Crippen LogP contribution in [0.15, 0.2) is 96.2 Å². The molecule has 4 rings (SSSR count). The number of benzene rings is 2. The van der Waals surface area contributed by atoms with Gasteiger partial charge in [0.05, 0.1) is 18.5 Å². The zero-order valence-corrected chi connectivity index (χ0v) is 14.4. The lowest BCUT2D eigenvalue weighted by atomic mass is 10.00. The lowest BCUT2D eigenvalue weighted by molar-refractivity contribution is 0.983. The first-order chi connectivity index (χ1) is 13.3. The molecule has 2 aromatic heterocycles. The zero-order valence-electron chi connectivity index (χ0n) is 14.4. The summed E-state index contributed by atoms with van der Waals surface area (Å²) in [5, 5.41) is 0. The molecule has 0 unspecified atom stereocenters. The first-order valence-corrected chi connectivity index (χ1v) is 8.47. The van der Waals surface area contributed by atoms with Crippen molar-refractivity contribution in [3.05, 3.63) is 113 Å². The van der Waals surface area contributed by atoms with Crippen molar-refractivity contribution in [2.45, 2.75) is 0 Å². The molecule has 0 atom stereocenters. The van der Waals surface area contributed by atoms with Crippen LogP contribution >= 0.6 is 0 Å². The van der Waals surface area contributed by atoms with E-state index in [4.69, 9.17) is 6.57 Å². The largest absolute Gasteiger partial charge is 0.282 e. The predicted octanol–water partition coefficient (Wildman–Crippen LogP) is 5.12. The van der Waals surface area contributed by atoms with Crippen LogP contribution < -0.4 is 5.56 Å². The van der Waals surface area contributed by atoms with E-state index >= 15 is 0 Å². The quantitative estimate of drug-likeness (QED) is 0.482. The molecule has 0 bridgehead atoms. The summed E-state index contributed by atoms with van der Waals surface area (Å²) in [6.45, 7) is 7.46. The molecule has 0 amide bonds. The minimum Gasteiger partial charge on any atom is -0.282 e. The van der Waals surface area contributed by atoms with Crippen molar-refractivity contribution in [1.82, 2.24) is 9.55 Å². The lowest BCUT2D eigenvalue weighted by Gasteiger charge is -2.13. The first-order valence-electron chi connectivity index (χ1n) is 8.47. The lowest BCUT2D eigenvalue weighted by Crippen LogP contribution is -2.20. The van der Waals surface area contributed by atoms with Gasteiger partial charge in [-0.3, -0.25) is 14.3 Å². The molecule has 2 heterocycles. The van der Waals surface area contributed by atoms with Crippen molar-refractivity contribution in [1.29, 1.82) is 0 Å². The summed E-state index contributed by atoms with van der Waals surface area (Å²) in [5.41, 5.74) is 4.12. The normalized spacial score (nSPS) is 10.3. The van der Waals surface area contributed by atoms with Gasteiger partial charge in [-0.1, -0.05) is 54.6 Å². The van der Waals surface area contributed by atoms with Gasteiger partial charge >= 0.3 is 0 Å². The molecule has 0 fully saturated rings. The average molecular weight is 349 g/mol. The van der Waals surface area contributed by atoms with E-state index in [0.29, 0.717) is 16.9 Å². The molecule has 4 aromatic rings. The number of para-hydroxylation sites is 1. The van der Waals surface area contributed by atoms with Gasteiger partial charge in [0.15, 0.2) is 5.69 Å². The second-order valence-electron chi connectivity index (χ2n) is 6.02. The van der Waals surface area contributed by atoms with Gasteiger partial charge in [-0.2, -0.15) is 0 Å². The molecule has 27 heavy (non-hydrogen) atoms. The third-order valence-corrected chi connectivity index (χ3v) is 4.36. The molecule has 0 aliphatic carbocycles. The van der Waals surface area contributed by atoms with Crippen LogP contribution in [-0.4, -0.2) is 9.55 Å². The monoisotopic (exact) mass is 349 g/mol. The molecule has 4 nitrogen and oxygen atoms in total. The van der Waals surface area contributed by atoms with Crippen molar-refractivity contribution in [3.8, 4) is 27.9 Å². The fourth-order valence-electron chi connectivity index (χ4n) is 3.06. The molecule has 4 heteroatoms. The van der Waals surface area contributed by atoms with Crippen molar-refractivity contribution >= 4 is 5.69 Å². The summed E-state index contributed by atoms with van der Waals surface area (Å²) in [6.07, 6.45) is 5.10. The Morgan fingerprint density at radius 1 is 0.852 bits per heavy atom. The smallest absolute Gasteiger partial charge is 0.263 e. The minimum atomic E-state index is -0.127. The topological polar surface area (TPSA) is 39.2 Å². The van der Waals surface area contributed by atoms with Crippen LogP contribution in [0.25, 0.3) is 32.8 Å². The van der Waals surface area contributed by atoms with E-state index in [1.807, 2.05) is 60.7 Å². The number of aromatic nitrogens is 2. The summed E-state index contributed by atoms with van der Waals surface area (Å²) < 4.78 is 1.59. The minimum absolute atomic E-state index is 0.127. The van der Waals surface area contributed by atoms with E-state index < -0.39 is 0 Å². The molecular formula is C23H15N3O. The Labute approximate surface area is 156 Å². The van der Waals surface area contributed by atoms with Crippen LogP contribution in [0.5, 0.6) is 0 Å². The summed E-state index contributed by atoms with van der Waals surface area (Å²) in [5.74, 6) is 0. The highest BCUT2D eigenvalue weighted by Gasteiger charge is 2.13. The van der Waals surface area contributed by atoms with E-state index in [2.05, 4.69) is 9.83 Å².